The molecule has 0 bridgehead atoms. The lowest BCUT2D eigenvalue weighted by atomic mass is 9.97. The predicted octanol–water partition coefficient (Wildman–Crippen LogP) is 1.79. The SMILES string of the molecule is CCc1csc(C2CCCN(C(=O)[C@H]3NCCO[C@@H]3C)C2)n1. The summed E-state index contributed by atoms with van der Waals surface area (Å²) in [6.45, 7) is 7.19. The Hall–Kier alpha value is -0.980. The number of likely N-dealkylation sites (tertiary alicyclic amines) is 1. The summed E-state index contributed by atoms with van der Waals surface area (Å²) in [5.41, 5.74) is 1.17. The van der Waals surface area contributed by atoms with Crippen LogP contribution in [-0.2, 0) is 16.0 Å². The van der Waals surface area contributed by atoms with Crippen molar-refractivity contribution in [2.45, 2.75) is 51.2 Å². The van der Waals surface area contributed by atoms with Crippen molar-refractivity contribution < 1.29 is 9.53 Å². The van der Waals surface area contributed by atoms with E-state index >= 15 is 0 Å². The van der Waals surface area contributed by atoms with Gasteiger partial charge in [-0.3, -0.25) is 4.79 Å². The summed E-state index contributed by atoms with van der Waals surface area (Å²) in [6.07, 6.45) is 3.12. The smallest absolute Gasteiger partial charge is 0.242 e. The monoisotopic (exact) mass is 323 g/mol. The van der Waals surface area contributed by atoms with Gasteiger partial charge in [0, 0.05) is 30.9 Å². The van der Waals surface area contributed by atoms with E-state index in [-0.39, 0.29) is 18.1 Å². The number of thiazole rings is 1. The normalized spacial score (nSPS) is 29.5. The molecule has 2 aliphatic rings. The number of amides is 1. The Morgan fingerprint density at radius 2 is 2.45 bits per heavy atom. The van der Waals surface area contributed by atoms with E-state index < -0.39 is 0 Å². The molecule has 122 valence electrons. The molecule has 6 heteroatoms. The molecule has 3 atom stereocenters. The Balaban J connectivity index is 1.65. The lowest BCUT2D eigenvalue weighted by molar-refractivity contribution is -0.140. The maximum atomic E-state index is 12.8. The quantitative estimate of drug-likeness (QED) is 0.921. The zero-order chi connectivity index (χ0) is 15.5. The number of nitrogens with zero attached hydrogens (tertiary/aromatic N) is 2. The van der Waals surface area contributed by atoms with Crippen LogP contribution in [0.5, 0.6) is 0 Å². The van der Waals surface area contributed by atoms with Crippen molar-refractivity contribution >= 4 is 17.2 Å². The van der Waals surface area contributed by atoms with E-state index in [2.05, 4.69) is 17.6 Å². The molecular weight excluding hydrogens is 298 g/mol. The van der Waals surface area contributed by atoms with Gasteiger partial charge in [-0.25, -0.2) is 4.98 Å². The van der Waals surface area contributed by atoms with Crippen molar-refractivity contribution in [3.63, 3.8) is 0 Å². The third-order valence-corrected chi connectivity index (χ3v) is 5.65. The Morgan fingerprint density at radius 1 is 1.59 bits per heavy atom. The minimum absolute atomic E-state index is 0.0480. The van der Waals surface area contributed by atoms with E-state index in [1.807, 2.05) is 11.8 Å². The number of carbonyl (C=O) groups excluding carboxylic acids is 1. The molecule has 5 nitrogen and oxygen atoms in total. The van der Waals surface area contributed by atoms with Crippen LogP contribution in [0.3, 0.4) is 0 Å². The number of piperidine rings is 1. The van der Waals surface area contributed by atoms with Gasteiger partial charge in [-0.05, 0) is 26.2 Å². The van der Waals surface area contributed by atoms with Crippen LogP contribution >= 0.6 is 11.3 Å². The van der Waals surface area contributed by atoms with Crippen LogP contribution < -0.4 is 5.32 Å². The summed E-state index contributed by atoms with van der Waals surface area (Å²) >= 11 is 1.74. The zero-order valence-corrected chi connectivity index (χ0v) is 14.2. The fraction of sp³-hybridized carbons (Fsp3) is 0.750. The van der Waals surface area contributed by atoms with Crippen LogP contribution in [0.1, 0.15) is 43.3 Å². The minimum Gasteiger partial charge on any atom is -0.375 e. The average Bonchev–Trinajstić information content (AvgIpc) is 3.04. The van der Waals surface area contributed by atoms with Crippen LogP contribution in [0.2, 0.25) is 0 Å². The largest absolute Gasteiger partial charge is 0.375 e. The first-order chi connectivity index (χ1) is 10.7. The summed E-state index contributed by atoms with van der Waals surface area (Å²) in [5, 5.41) is 6.64. The highest BCUT2D eigenvalue weighted by Crippen LogP contribution is 2.30. The first-order valence-electron chi connectivity index (χ1n) is 8.27. The third-order valence-electron chi connectivity index (χ3n) is 4.60. The summed E-state index contributed by atoms with van der Waals surface area (Å²) in [7, 11) is 0. The van der Waals surface area contributed by atoms with E-state index in [1.54, 1.807) is 11.3 Å². The standard InChI is InChI=1S/C16H25N3O2S/c1-3-13-10-22-15(18-13)12-5-4-7-19(9-12)16(20)14-11(2)21-8-6-17-14/h10-12,14,17H,3-9H2,1-2H3/t11-,12?,14+/m1/s1. The second kappa shape index (κ2) is 7.06. The van der Waals surface area contributed by atoms with Gasteiger partial charge < -0.3 is 15.0 Å². The summed E-state index contributed by atoms with van der Waals surface area (Å²) in [4.78, 5) is 19.5. The van der Waals surface area contributed by atoms with Crippen LogP contribution in [0.15, 0.2) is 5.38 Å². The Kier molecular flexibility index (Phi) is 5.10. The van der Waals surface area contributed by atoms with Gasteiger partial charge in [-0.2, -0.15) is 0 Å². The molecule has 1 aromatic heterocycles. The topological polar surface area (TPSA) is 54.5 Å². The molecule has 3 rings (SSSR count). The van der Waals surface area contributed by atoms with Gasteiger partial charge in [0.05, 0.1) is 23.4 Å². The van der Waals surface area contributed by atoms with Gasteiger partial charge in [0.25, 0.3) is 0 Å². The van der Waals surface area contributed by atoms with Gasteiger partial charge in [0.1, 0.15) is 6.04 Å². The van der Waals surface area contributed by atoms with Gasteiger partial charge in [-0.1, -0.05) is 6.92 Å². The molecule has 0 aliphatic carbocycles. The Bertz CT molecular complexity index is 519. The van der Waals surface area contributed by atoms with Crippen LogP contribution in [-0.4, -0.2) is 54.2 Å². The number of hydrogen-bond acceptors (Lipinski definition) is 5. The molecule has 1 N–H and O–H groups in total. The molecule has 0 spiro atoms. The molecule has 1 unspecified atom stereocenters. The van der Waals surface area contributed by atoms with Crippen molar-refractivity contribution in [3.05, 3.63) is 16.1 Å². The number of rotatable bonds is 3. The van der Waals surface area contributed by atoms with Gasteiger partial charge in [-0.15, -0.1) is 11.3 Å². The molecule has 0 saturated carbocycles. The van der Waals surface area contributed by atoms with Gasteiger partial charge >= 0.3 is 0 Å². The highest BCUT2D eigenvalue weighted by molar-refractivity contribution is 7.09. The second-order valence-corrected chi connectivity index (χ2v) is 7.05. The van der Waals surface area contributed by atoms with E-state index in [4.69, 9.17) is 9.72 Å². The van der Waals surface area contributed by atoms with E-state index in [0.29, 0.717) is 12.5 Å². The maximum absolute atomic E-state index is 12.8. The zero-order valence-electron chi connectivity index (χ0n) is 13.4. The van der Waals surface area contributed by atoms with Crippen molar-refractivity contribution in [3.8, 4) is 0 Å². The molecule has 3 heterocycles. The van der Waals surface area contributed by atoms with Crippen molar-refractivity contribution in [2.75, 3.05) is 26.2 Å². The van der Waals surface area contributed by atoms with Crippen molar-refractivity contribution in [1.82, 2.24) is 15.2 Å². The van der Waals surface area contributed by atoms with Gasteiger partial charge in [0.15, 0.2) is 0 Å². The number of aryl methyl sites for hydroxylation is 1. The van der Waals surface area contributed by atoms with Crippen molar-refractivity contribution in [2.24, 2.45) is 0 Å². The molecule has 1 aromatic rings. The lowest BCUT2D eigenvalue weighted by Crippen LogP contribution is -2.57. The predicted molar refractivity (Wildman–Crippen MR) is 87.3 cm³/mol. The van der Waals surface area contributed by atoms with E-state index in [9.17, 15) is 4.79 Å². The van der Waals surface area contributed by atoms with Crippen LogP contribution in [0.25, 0.3) is 0 Å². The summed E-state index contributed by atoms with van der Waals surface area (Å²) in [5.74, 6) is 0.576. The molecule has 22 heavy (non-hydrogen) atoms. The molecule has 2 fully saturated rings. The maximum Gasteiger partial charge on any atom is 0.242 e. The van der Waals surface area contributed by atoms with Crippen LogP contribution in [0, 0.1) is 0 Å². The minimum atomic E-state index is -0.199. The van der Waals surface area contributed by atoms with E-state index in [1.165, 1.54) is 10.7 Å². The number of nitrogens with one attached hydrogen (secondary N) is 1. The molecule has 0 radical (unpaired) electrons. The Labute approximate surface area is 136 Å². The molecule has 0 aromatic carbocycles. The fourth-order valence-corrected chi connectivity index (χ4v) is 4.29. The first kappa shape index (κ1) is 15.9. The fourth-order valence-electron chi connectivity index (χ4n) is 3.26. The average molecular weight is 323 g/mol. The number of hydrogen-bond donors (Lipinski definition) is 1. The van der Waals surface area contributed by atoms with Crippen LogP contribution in [0.4, 0.5) is 0 Å². The first-order valence-corrected chi connectivity index (χ1v) is 9.15. The second-order valence-electron chi connectivity index (χ2n) is 6.16. The van der Waals surface area contributed by atoms with Gasteiger partial charge in [0.2, 0.25) is 5.91 Å². The lowest BCUT2D eigenvalue weighted by Gasteiger charge is -2.37. The molecular formula is C16H25N3O2S. The highest BCUT2D eigenvalue weighted by atomic mass is 32.1. The molecule has 2 saturated heterocycles. The number of aromatic nitrogens is 1. The van der Waals surface area contributed by atoms with Crippen molar-refractivity contribution in [1.29, 1.82) is 0 Å². The third kappa shape index (κ3) is 3.34. The molecule has 2 aliphatic heterocycles. The molecule has 1 amide bonds. The summed E-state index contributed by atoms with van der Waals surface area (Å²) in [6, 6.07) is -0.199. The Morgan fingerprint density at radius 3 is 3.18 bits per heavy atom. The number of ether oxygens (including phenoxy) is 1. The number of morpholine rings is 1. The number of carbonyl (C=O) groups is 1. The van der Waals surface area contributed by atoms with E-state index in [0.717, 1.165) is 38.9 Å². The highest BCUT2D eigenvalue weighted by Gasteiger charge is 2.34. The summed E-state index contributed by atoms with van der Waals surface area (Å²) < 4.78 is 5.61.